The van der Waals surface area contributed by atoms with Crippen LogP contribution in [0.25, 0.3) is 0 Å². The van der Waals surface area contributed by atoms with Gasteiger partial charge in [-0.1, -0.05) is 12.8 Å². The van der Waals surface area contributed by atoms with E-state index < -0.39 is 6.04 Å². The Labute approximate surface area is 134 Å². The molecule has 122 valence electrons. The van der Waals surface area contributed by atoms with Gasteiger partial charge in [0.15, 0.2) is 0 Å². The van der Waals surface area contributed by atoms with E-state index in [2.05, 4.69) is 39.0 Å². The molecular weight excluding hydrogens is 306 g/mol. The highest BCUT2D eigenvalue weighted by molar-refractivity contribution is 7.78. The fourth-order valence-corrected chi connectivity index (χ4v) is 2.57. The average molecular weight is 327 g/mol. The van der Waals surface area contributed by atoms with Crippen LogP contribution >= 0.6 is 12.8 Å². The molecule has 1 saturated heterocycles. The van der Waals surface area contributed by atoms with Crippen molar-refractivity contribution >= 4 is 25.1 Å². The van der Waals surface area contributed by atoms with Gasteiger partial charge >= 0.3 is 0 Å². The molecule has 1 aromatic rings. The van der Waals surface area contributed by atoms with E-state index in [0.29, 0.717) is 19.5 Å². The number of nitrogens with one attached hydrogen (secondary N) is 3. The quantitative estimate of drug-likeness (QED) is 0.174. The predicted molar refractivity (Wildman–Crippen MR) is 82.9 cm³/mol. The van der Waals surface area contributed by atoms with Crippen LogP contribution in [0.3, 0.4) is 0 Å². The Morgan fingerprint density at radius 3 is 3.00 bits per heavy atom. The molecule has 10 heteroatoms. The monoisotopic (exact) mass is 327 g/mol. The van der Waals surface area contributed by atoms with E-state index in [-0.39, 0.29) is 11.9 Å². The third-order valence-corrected chi connectivity index (χ3v) is 3.95. The first-order valence-corrected chi connectivity index (χ1v) is 7.53. The number of β-lactam (4-membered cyclic amide) rings is 1. The summed E-state index contributed by atoms with van der Waals surface area (Å²) in [5.74, 6) is -0.223. The molecule has 9 nitrogen and oxygen atoms in total. The maximum absolute atomic E-state index is 11.5. The Morgan fingerprint density at radius 1 is 1.45 bits per heavy atom. The van der Waals surface area contributed by atoms with Gasteiger partial charge in [-0.15, -0.1) is 0 Å². The van der Waals surface area contributed by atoms with Gasteiger partial charge in [0.05, 0.1) is 24.5 Å². The van der Waals surface area contributed by atoms with Crippen molar-refractivity contribution in [2.45, 2.75) is 31.6 Å². The molecule has 1 aliphatic heterocycles. The molecule has 0 aliphatic carbocycles. The first-order valence-electron chi connectivity index (χ1n) is 7.13. The van der Waals surface area contributed by atoms with Crippen LogP contribution in [-0.2, 0) is 22.7 Å². The highest BCUT2D eigenvalue weighted by Gasteiger charge is 2.46. The van der Waals surface area contributed by atoms with Crippen LogP contribution in [0.1, 0.15) is 12.1 Å². The highest BCUT2D eigenvalue weighted by atomic mass is 32.1. The molecule has 3 N–H and O–H groups in total. The highest BCUT2D eigenvalue weighted by Crippen LogP contribution is 2.23. The topological polar surface area (TPSA) is 104 Å². The van der Waals surface area contributed by atoms with E-state index in [1.54, 1.807) is 6.20 Å². The standard InChI is InChI=1S/C12H21N7O2S/c1-13-3-2-4-14-5-9-6-16-18(17-9)7-10-11(15-8-20)12(21)19(10)22/h6,8,10-11,13-14,22H,2-5,7H2,1H3,(H,15,20). The van der Waals surface area contributed by atoms with Gasteiger partial charge in [-0.25, -0.2) is 0 Å². The number of aromatic nitrogens is 3. The first-order chi connectivity index (χ1) is 10.7. The first kappa shape index (κ1) is 16.7. The Kier molecular flexibility index (Phi) is 6.16. The zero-order valence-electron chi connectivity index (χ0n) is 12.4. The molecule has 0 aromatic carbocycles. The van der Waals surface area contributed by atoms with E-state index in [1.165, 1.54) is 9.10 Å². The second-order valence-corrected chi connectivity index (χ2v) is 5.47. The van der Waals surface area contributed by atoms with Crippen LogP contribution in [0.4, 0.5) is 0 Å². The molecule has 1 aliphatic rings. The lowest BCUT2D eigenvalue weighted by molar-refractivity contribution is -0.143. The van der Waals surface area contributed by atoms with Crippen molar-refractivity contribution in [3.05, 3.63) is 11.9 Å². The normalized spacial score (nSPS) is 20.8. The maximum Gasteiger partial charge on any atom is 0.257 e. The molecule has 1 aromatic heterocycles. The number of hydrogen-bond acceptors (Lipinski definition) is 7. The van der Waals surface area contributed by atoms with Crippen LogP contribution in [-0.4, -0.2) is 63.8 Å². The van der Waals surface area contributed by atoms with Crippen molar-refractivity contribution in [2.75, 3.05) is 20.1 Å². The number of thiol groups is 1. The molecular formula is C12H21N7O2S. The molecule has 2 atom stereocenters. The lowest BCUT2D eigenvalue weighted by Crippen LogP contribution is -2.67. The summed E-state index contributed by atoms with van der Waals surface area (Å²) in [7, 11) is 1.92. The summed E-state index contributed by atoms with van der Waals surface area (Å²) >= 11 is 4.09. The third kappa shape index (κ3) is 3.96. The molecule has 0 spiro atoms. The van der Waals surface area contributed by atoms with E-state index in [1.807, 2.05) is 7.05 Å². The Balaban J connectivity index is 1.79. The van der Waals surface area contributed by atoms with Crippen LogP contribution in [0, 0.1) is 0 Å². The fraction of sp³-hybridized carbons (Fsp3) is 0.667. The van der Waals surface area contributed by atoms with Crippen molar-refractivity contribution in [1.29, 1.82) is 0 Å². The number of rotatable bonds is 10. The lowest BCUT2D eigenvalue weighted by atomic mass is 9.99. The molecule has 0 bridgehead atoms. The number of nitrogens with zero attached hydrogens (tertiary/aromatic N) is 4. The largest absolute Gasteiger partial charge is 0.345 e. The maximum atomic E-state index is 11.5. The number of carbonyl (C=O) groups is 2. The molecule has 2 unspecified atom stereocenters. The van der Waals surface area contributed by atoms with Crippen molar-refractivity contribution in [2.24, 2.45) is 0 Å². The van der Waals surface area contributed by atoms with Crippen LogP contribution in [0.2, 0.25) is 0 Å². The minimum Gasteiger partial charge on any atom is -0.345 e. The second kappa shape index (κ2) is 8.11. The van der Waals surface area contributed by atoms with Gasteiger partial charge in [-0.05, 0) is 26.6 Å². The van der Waals surface area contributed by atoms with Crippen LogP contribution in [0.15, 0.2) is 6.20 Å². The van der Waals surface area contributed by atoms with Gasteiger partial charge in [-0.3, -0.25) is 13.9 Å². The second-order valence-electron chi connectivity index (χ2n) is 5.04. The van der Waals surface area contributed by atoms with Gasteiger partial charge in [0.2, 0.25) is 6.41 Å². The van der Waals surface area contributed by atoms with Crippen molar-refractivity contribution in [3.8, 4) is 0 Å². The Hall–Kier alpha value is -1.65. The Bertz CT molecular complexity index is 509. The lowest BCUT2D eigenvalue weighted by Gasteiger charge is -2.42. The molecule has 2 heterocycles. The Morgan fingerprint density at radius 2 is 2.27 bits per heavy atom. The van der Waals surface area contributed by atoms with Crippen LogP contribution in [0.5, 0.6) is 0 Å². The van der Waals surface area contributed by atoms with E-state index in [0.717, 1.165) is 25.2 Å². The molecule has 2 amide bonds. The van der Waals surface area contributed by atoms with Gasteiger partial charge < -0.3 is 16.0 Å². The molecule has 22 heavy (non-hydrogen) atoms. The van der Waals surface area contributed by atoms with E-state index >= 15 is 0 Å². The summed E-state index contributed by atoms with van der Waals surface area (Å²) in [6.07, 6.45) is 3.26. The van der Waals surface area contributed by atoms with Gasteiger partial charge in [0, 0.05) is 6.54 Å². The molecule has 1 fully saturated rings. The SMILES string of the molecule is CNCCCNCc1cnn(CC2C(NC=O)C(=O)N2S)n1. The van der Waals surface area contributed by atoms with Gasteiger partial charge in [0.25, 0.3) is 5.91 Å². The van der Waals surface area contributed by atoms with Crippen molar-refractivity contribution in [1.82, 2.24) is 35.2 Å². The summed E-state index contributed by atoms with van der Waals surface area (Å²) in [5, 5.41) is 17.4. The predicted octanol–water partition coefficient (Wildman–Crippen LogP) is -1.85. The summed E-state index contributed by atoms with van der Waals surface area (Å²) in [4.78, 5) is 23.6. The van der Waals surface area contributed by atoms with Crippen LogP contribution < -0.4 is 16.0 Å². The summed E-state index contributed by atoms with van der Waals surface area (Å²) in [6.45, 7) is 2.91. The van der Waals surface area contributed by atoms with Gasteiger partial charge in [-0.2, -0.15) is 15.0 Å². The zero-order valence-corrected chi connectivity index (χ0v) is 13.3. The molecule has 0 saturated carbocycles. The number of amides is 2. The minimum absolute atomic E-state index is 0.223. The summed E-state index contributed by atoms with van der Waals surface area (Å²) < 4.78 is 1.29. The smallest absolute Gasteiger partial charge is 0.257 e. The molecule has 0 radical (unpaired) electrons. The van der Waals surface area contributed by atoms with Crippen molar-refractivity contribution in [3.63, 3.8) is 0 Å². The number of carbonyl (C=O) groups excluding carboxylic acids is 2. The third-order valence-electron chi connectivity index (χ3n) is 3.46. The molecule has 2 rings (SSSR count). The van der Waals surface area contributed by atoms with Crippen molar-refractivity contribution < 1.29 is 9.59 Å². The fourth-order valence-electron chi connectivity index (χ4n) is 2.24. The summed E-state index contributed by atoms with van der Waals surface area (Å²) in [5.41, 5.74) is 0.834. The minimum atomic E-state index is -0.552. The van der Waals surface area contributed by atoms with E-state index in [4.69, 9.17) is 0 Å². The van der Waals surface area contributed by atoms with E-state index in [9.17, 15) is 9.59 Å². The average Bonchev–Trinajstić information content (AvgIpc) is 2.98. The van der Waals surface area contributed by atoms with Gasteiger partial charge in [0.1, 0.15) is 6.04 Å². The summed E-state index contributed by atoms with van der Waals surface area (Å²) in [6, 6.07) is -0.797. The zero-order chi connectivity index (χ0) is 15.9. The number of hydrogen-bond donors (Lipinski definition) is 4.